The minimum Gasteiger partial charge on any atom is -0.493 e. The molecule has 0 amide bonds. The zero-order chi connectivity index (χ0) is 16.9. The fraction of sp³-hybridized carbons (Fsp3) is 0.625. The lowest BCUT2D eigenvalue weighted by molar-refractivity contribution is -0.153. The van der Waals surface area contributed by atoms with Gasteiger partial charge in [0.25, 0.3) is 0 Å². The predicted octanol–water partition coefficient (Wildman–Crippen LogP) is 4.66. The maximum atomic E-state index is 12.3. The summed E-state index contributed by atoms with van der Waals surface area (Å²) in [6.07, 6.45) is 1.80. The highest BCUT2D eigenvalue weighted by atomic mass is 127. The summed E-state index contributed by atoms with van der Waals surface area (Å²) in [4.78, 5) is 0. The molecule has 1 aromatic carbocycles. The standard InChI is InChI=1S/C16H21F3INO2/c1-22-14-8-11(9-21-12-5-3-2-4-6-12)7-13(20)15(14)23-10-16(17,18)19/h7-8,12,21H,2-6,9-10H2,1H3. The maximum Gasteiger partial charge on any atom is 0.422 e. The van der Waals surface area contributed by atoms with Crippen molar-refractivity contribution in [2.24, 2.45) is 0 Å². The van der Waals surface area contributed by atoms with Crippen LogP contribution in [0.4, 0.5) is 13.2 Å². The van der Waals surface area contributed by atoms with Gasteiger partial charge >= 0.3 is 6.18 Å². The molecular formula is C16H21F3INO2. The van der Waals surface area contributed by atoms with E-state index in [1.54, 1.807) is 6.07 Å². The van der Waals surface area contributed by atoms with Crippen LogP contribution in [0, 0.1) is 3.57 Å². The van der Waals surface area contributed by atoms with E-state index in [0.717, 1.165) is 5.56 Å². The Balaban J connectivity index is 2.02. The van der Waals surface area contributed by atoms with Gasteiger partial charge in [0.1, 0.15) is 0 Å². The van der Waals surface area contributed by atoms with Crippen molar-refractivity contribution in [3.8, 4) is 11.5 Å². The van der Waals surface area contributed by atoms with E-state index in [2.05, 4.69) is 5.32 Å². The van der Waals surface area contributed by atoms with Gasteiger partial charge in [-0.3, -0.25) is 0 Å². The molecule has 130 valence electrons. The Hall–Kier alpha value is -0.700. The summed E-state index contributed by atoms with van der Waals surface area (Å²) in [5.74, 6) is 0.480. The molecule has 0 bridgehead atoms. The third-order valence-electron chi connectivity index (χ3n) is 3.87. The van der Waals surface area contributed by atoms with Crippen LogP contribution in [0.2, 0.25) is 0 Å². The van der Waals surface area contributed by atoms with E-state index in [9.17, 15) is 13.2 Å². The topological polar surface area (TPSA) is 30.5 Å². The Kier molecular flexibility index (Phi) is 6.82. The van der Waals surface area contributed by atoms with Crippen molar-refractivity contribution >= 4 is 22.6 Å². The lowest BCUT2D eigenvalue weighted by Gasteiger charge is -2.23. The van der Waals surface area contributed by atoms with E-state index < -0.39 is 12.8 Å². The lowest BCUT2D eigenvalue weighted by Crippen LogP contribution is -2.30. The predicted molar refractivity (Wildman–Crippen MR) is 91.0 cm³/mol. The Morgan fingerprint density at radius 1 is 1.22 bits per heavy atom. The van der Waals surface area contributed by atoms with Crippen LogP contribution in [0.15, 0.2) is 12.1 Å². The van der Waals surface area contributed by atoms with Gasteiger partial charge in [0.2, 0.25) is 0 Å². The van der Waals surface area contributed by atoms with Crippen LogP contribution in [-0.4, -0.2) is 25.9 Å². The van der Waals surface area contributed by atoms with Crippen LogP contribution in [-0.2, 0) is 6.54 Å². The van der Waals surface area contributed by atoms with E-state index in [0.29, 0.717) is 21.9 Å². The average Bonchev–Trinajstić information content (AvgIpc) is 2.51. The lowest BCUT2D eigenvalue weighted by atomic mass is 9.95. The van der Waals surface area contributed by atoms with Crippen molar-refractivity contribution in [3.63, 3.8) is 0 Å². The molecule has 0 unspecified atom stereocenters. The van der Waals surface area contributed by atoms with Gasteiger partial charge in [-0.15, -0.1) is 0 Å². The van der Waals surface area contributed by atoms with E-state index in [-0.39, 0.29) is 5.75 Å². The summed E-state index contributed by atoms with van der Waals surface area (Å²) in [5, 5.41) is 3.51. The Morgan fingerprint density at radius 3 is 2.52 bits per heavy atom. The molecule has 23 heavy (non-hydrogen) atoms. The number of methoxy groups -OCH3 is 1. The third kappa shape index (κ3) is 6.02. The number of rotatable bonds is 6. The SMILES string of the molecule is COc1cc(CNC2CCCCC2)cc(I)c1OCC(F)(F)F. The number of nitrogens with one attached hydrogen (secondary N) is 1. The summed E-state index contributed by atoms with van der Waals surface area (Å²) >= 11 is 1.98. The van der Waals surface area contributed by atoms with Crippen molar-refractivity contribution in [1.29, 1.82) is 0 Å². The van der Waals surface area contributed by atoms with Crippen molar-refractivity contribution < 1.29 is 22.6 Å². The monoisotopic (exact) mass is 443 g/mol. The smallest absolute Gasteiger partial charge is 0.422 e. The van der Waals surface area contributed by atoms with Crippen LogP contribution < -0.4 is 14.8 Å². The largest absolute Gasteiger partial charge is 0.493 e. The first-order chi connectivity index (χ1) is 10.9. The first kappa shape index (κ1) is 18.6. The Labute approximate surface area is 148 Å². The highest BCUT2D eigenvalue weighted by Gasteiger charge is 2.29. The van der Waals surface area contributed by atoms with Crippen LogP contribution in [0.25, 0.3) is 0 Å². The van der Waals surface area contributed by atoms with Crippen molar-refractivity contribution in [2.75, 3.05) is 13.7 Å². The molecular weight excluding hydrogens is 422 g/mol. The number of ether oxygens (including phenoxy) is 2. The highest BCUT2D eigenvalue weighted by Crippen LogP contribution is 2.35. The molecule has 1 aromatic rings. The summed E-state index contributed by atoms with van der Waals surface area (Å²) in [5.41, 5.74) is 0.983. The van der Waals surface area contributed by atoms with E-state index in [1.807, 2.05) is 28.7 Å². The number of benzene rings is 1. The van der Waals surface area contributed by atoms with Gasteiger partial charge < -0.3 is 14.8 Å². The molecule has 0 aliphatic heterocycles. The van der Waals surface area contributed by atoms with E-state index in [4.69, 9.17) is 9.47 Å². The number of alkyl halides is 3. The molecule has 1 N–H and O–H groups in total. The molecule has 0 aromatic heterocycles. The van der Waals surface area contributed by atoms with Crippen LogP contribution in [0.3, 0.4) is 0 Å². The third-order valence-corrected chi connectivity index (χ3v) is 4.67. The minimum absolute atomic E-state index is 0.145. The highest BCUT2D eigenvalue weighted by molar-refractivity contribution is 14.1. The van der Waals surface area contributed by atoms with Crippen LogP contribution in [0.5, 0.6) is 11.5 Å². The molecule has 1 aliphatic carbocycles. The molecule has 0 radical (unpaired) electrons. The first-order valence-electron chi connectivity index (χ1n) is 7.68. The van der Waals surface area contributed by atoms with Gasteiger partial charge in [0.05, 0.1) is 10.7 Å². The molecule has 3 nitrogen and oxygen atoms in total. The molecule has 0 atom stereocenters. The normalized spacial score (nSPS) is 16.4. The van der Waals surface area contributed by atoms with E-state index in [1.165, 1.54) is 39.2 Å². The fourth-order valence-electron chi connectivity index (χ4n) is 2.74. The van der Waals surface area contributed by atoms with Gasteiger partial charge in [-0.1, -0.05) is 19.3 Å². The van der Waals surface area contributed by atoms with Crippen molar-refractivity contribution in [2.45, 2.75) is 50.9 Å². The van der Waals surface area contributed by atoms with Gasteiger partial charge in [-0.05, 0) is 53.1 Å². The summed E-state index contributed by atoms with van der Waals surface area (Å²) in [6.45, 7) is -0.643. The quantitative estimate of drug-likeness (QED) is 0.649. The van der Waals surface area contributed by atoms with Gasteiger partial charge in [-0.2, -0.15) is 13.2 Å². The van der Waals surface area contributed by atoms with Gasteiger partial charge in [0, 0.05) is 12.6 Å². The molecule has 0 heterocycles. The van der Waals surface area contributed by atoms with Crippen molar-refractivity contribution in [1.82, 2.24) is 5.32 Å². The first-order valence-corrected chi connectivity index (χ1v) is 8.76. The second kappa shape index (κ2) is 8.41. The molecule has 7 heteroatoms. The maximum absolute atomic E-state index is 12.3. The second-order valence-corrected chi connectivity index (χ2v) is 6.89. The summed E-state index contributed by atoms with van der Waals surface area (Å²) < 4.78 is 47.7. The zero-order valence-electron chi connectivity index (χ0n) is 13.0. The molecule has 2 rings (SSSR count). The number of hydrogen-bond acceptors (Lipinski definition) is 3. The van der Waals surface area contributed by atoms with Crippen LogP contribution in [0.1, 0.15) is 37.7 Å². The number of halogens is 4. The van der Waals surface area contributed by atoms with Crippen LogP contribution >= 0.6 is 22.6 Å². The summed E-state index contributed by atoms with van der Waals surface area (Å²) in [6, 6.07) is 4.10. The fourth-order valence-corrected chi connectivity index (χ4v) is 3.56. The molecule has 0 saturated heterocycles. The second-order valence-electron chi connectivity index (χ2n) is 5.73. The van der Waals surface area contributed by atoms with E-state index >= 15 is 0 Å². The average molecular weight is 443 g/mol. The number of hydrogen-bond donors (Lipinski definition) is 1. The van der Waals surface area contributed by atoms with Crippen molar-refractivity contribution in [3.05, 3.63) is 21.3 Å². The Bertz CT molecular complexity index is 517. The molecule has 1 fully saturated rings. The molecule has 0 spiro atoms. The van der Waals surface area contributed by atoms with Gasteiger partial charge in [0.15, 0.2) is 18.1 Å². The minimum atomic E-state index is -4.37. The molecule has 1 saturated carbocycles. The molecule has 1 aliphatic rings. The summed E-state index contributed by atoms with van der Waals surface area (Å²) in [7, 11) is 1.43. The zero-order valence-corrected chi connectivity index (χ0v) is 15.2. The van der Waals surface area contributed by atoms with Gasteiger partial charge in [-0.25, -0.2) is 0 Å². The Morgan fingerprint density at radius 2 is 1.91 bits per heavy atom.